The Morgan fingerprint density at radius 3 is 2.76 bits per heavy atom. The molecule has 0 bridgehead atoms. The third kappa shape index (κ3) is 5.40. The first kappa shape index (κ1) is 17.0. The Bertz CT molecular complexity index is 583. The minimum absolute atomic E-state index is 0.593. The highest BCUT2D eigenvalue weighted by Crippen LogP contribution is 2.31. The first-order valence-corrected chi connectivity index (χ1v) is 9.36. The summed E-state index contributed by atoms with van der Waals surface area (Å²) in [4.78, 5) is 1.21. The van der Waals surface area contributed by atoms with Crippen LogP contribution in [0.4, 0.5) is 0 Å². The number of para-hydroxylation sites is 1. The fourth-order valence-corrected chi connectivity index (χ4v) is 3.81. The third-order valence-electron chi connectivity index (χ3n) is 2.90. The summed E-state index contributed by atoms with van der Waals surface area (Å²) in [5.41, 5.74) is 1.18. The van der Waals surface area contributed by atoms with Crippen molar-refractivity contribution in [2.24, 2.45) is 5.92 Å². The molecule has 1 aromatic carbocycles. The molecule has 21 heavy (non-hydrogen) atoms. The molecular formula is C16H19Br2NOS. The van der Waals surface area contributed by atoms with Crippen LogP contribution in [0.3, 0.4) is 0 Å². The highest BCUT2D eigenvalue weighted by Gasteiger charge is 2.09. The standard InChI is InChI=1S/C16H19Br2NOS/c1-11(2)7-19-8-12-4-3-5-15(18)16(12)20-9-14-6-13(17)10-21-14/h3-6,10-11,19H,7-9H2,1-2H3. The van der Waals surface area contributed by atoms with Gasteiger partial charge in [-0.25, -0.2) is 0 Å². The number of nitrogens with one attached hydrogen (secondary N) is 1. The van der Waals surface area contributed by atoms with Gasteiger partial charge in [-0.15, -0.1) is 11.3 Å². The van der Waals surface area contributed by atoms with E-state index in [1.54, 1.807) is 11.3 Å². The van der Waals surface area contributed by atoms with Crippen LogP contribution in [0.15, 0.2) is 38.6 Å². The van der Waals surface area contributed by atoms with Gasteiger partial charge < -0.3 is 10.1 Å². The Morgan fingerprint density at radius 1 is 1.29 bits per heavy atom. The van der Waals surface area contributed by atoms with E-state index in [2.05, 4.69) is 68.5 Å². The summed E-state index contributed by atoms with van der Waals surface area (Å²) in [6.07, 6.45) is 0. The lowest BCUT2D eigenvalue weighted by Crippen LogP contribution is -2.19. The van der Waals surface area contributed by atoms with Crippen LogP contribution in [-0.2, 0) is 13.2 Å². The molecule has 0 aliphatic heterocycles. The number of hydrogen-bond acceptors (Lipinski definition) is 3. The van der Waals surface area contributed by atoms with Crippen LogP contribution in [0.5, 0.6) is 5.75 Å². The number of rotatable bonds is 7. The average molecular weight is 433 g/mol. The molecule has 0 amide bonds. The quantitative estimate of drug-likeness (QED) is 0.614. The van der Waals surface area contributed by atoms with Crippen molar-refractivity contribution in [3.8, 4) is 5.75 Å². The number of ether oxygens (including phenoxy) is 1. The molecular weight excluding hydrogens is 414 g/mol. The van der Waals surface area contributed by atoms with E-state index in [0.29, 0.717) is 12.5 Å². The van der Waals surface area contributed by atoms with Crippen molar-refractivity contribution in [2.45, 2.75) is 27.0 Å². The predicted molar refractivity (Wildman–Crippen MR) is 97.0 cm³/mol. The van der Waals surface area contributed by atoms with Gasteiger partial charge in [-0.05, 0) is 56.5 Å². The minimum Gasteiger partial charge on any atom is -0.487 e. The van der Waals surface area contributed by atoms with E-state index in [9.17, 15) is 0 Å². The topological polar surface area (TPSA) is 21.3 Å². The van der Waals surface area contributed by atoms with Crippen molar-refractivity contribution >= 4 is 43.2 Å². The fourth-order valence-electron chi connectivity index (χ4n) is 1.92. The van der Waals surface area contributed by atoms with Crippen LogP contribution in [0, 0.1) is 5.92 Å². The largest absolute Gasteiger partial charge is 0.487 e. The molecule has 0 spiro atoms. The molecule has 0 saturated carbocycles. The summed E-state index contributed by atoms with van der Waals surface area (Å²) in [6.45, 7) is 6.83. The van der Waals surface area contributed by atoms with Gasteiger partial charge in [0.25, 0.3) is 0 Å². The Labute approximate surface area is 147 Å². The minimum atomic E-state index is 0.593. The molecule has 0 saturated heterocycles. The maximum atomic E-state index is 6.03. The Hall–Kier alpha value is -0.360. The lowest BCUT2D eigenvalue weighted by Gasteiger charge is -2.14. The molecule has 1 N–H and O–H groups in total. The summed E-state index contributed by atoms with van der Waals surface area (Å²) in [7, 11) is 0. The van der Waals surface area contributed by atoms with Gasteiger partial charge in [-0.3, -0.25) is 0 Å². The Morgan fingerprint density at radius 2 is 2.10 bits per heavy atom. The van der Waals surface area contributed by atoms with Crippen molar-refractivity contribution in [2.75, 3.05) is 6.54 Å². The molecule has 0 radical (unpaired) electrons. The number of thiophene rings is 1. The molecule has 2 rings (SSSR count). The highest BCUT2D eigenvalue weighted by molar-refractivity contribution is 9.10. The second-order valence-electron chi connectivity index (χ2n) is 5.27. The summed E-state index contributed by atoms with van der Waals surface area (Å²) in [6, 6.07) is 8.27. The zero-order valence-corrected chi connectivity index (χ0v) is 16.1. The van der Waals surface area contributed by atoms with Crippen molar-refractivity contribution < 1.29 is 4.74 Å². The number of benzene rings is 1. The molecule has 2 nitrogen and oxygen atoms in total. The van der Waals surface area contributed by atoms with Crippen molar-refractivity contribution in [1.29, 1.82) is 0 Å². The van der Waals surface area contributed by atoms with E-state index in [1.165, 1.54) is 10.4 Å². The zero-order valence-electron chi connectivity index (χ0n) is 12.2. The third-order valence-corrected chi connectivity index (χ3v) is 5.19. The second kappa shape index (κ2) is 8.32. The van der Waals surface area contributed by atoms with E-state index in [4.69, 9.17) is 4.74 Å². The first-order chi connectivity index (χ1) is 10.1. The van der Waals surface area contributed by atoms with Crippen LogP contribution in [0.1, 0.15) is 24.3 Å². The van der Waals surface area contributed by atoms with Crippen LogP contribution in [0.25, 0.3) is 0 Å². The predicted octanol–water partition coefficient (Wildman–Crippen LogP) is 5.60. The lowest BCUT2D eigenvalue weighted by atomic mass is 10.2. The molecule has 114 valence electrons. The van der Waals surface area contributed by atoms with Crippen molar-refractivity contribution in [3.05, 3.63) is 49.0 Å². The van der Waals surface area contributed by atoms with Crippen molar-refractivity contribution in [3.63, 3.8) is 0 Å². The van der Waals surface area contributed by atoms with Gasteiger partial charge >= 0.3 is 0 Å². The smallest absolute Gasteiger partial charge is 0.138 e. The maximum Gasteiger partial charge on any atom is 0.138 e. The summed E-state index contributed by atoms with van der Waals surface area (Å²) in [5, 5.41) is 5.54. The monoisotopic (exact) mass is 431 g/mol. The summed E-state index contributed by atoms with van der Waals surface area (Å²) in [5.74, 6) is 1.57. The van der Waals surface area contributed by atoms with Gasteiger partial charge in [0.1, 0.15) is 12.4 Å². The van der Waals surface area contributed by atoms with Gasteiger partial charge in [0, 0.05) is 26.8 Å². The fraction of sp³-hybridized carbons (Fsp3) is 0.375. The molecule has 0 fully saturated rings. The van der Waals surface area contributed by atoms with E-state index >= 15 is 0 Å². The normalized spacial score (nSPS) is 11.1. The maximum absolute atomic E-state index is 6.03. The Balaban J connectivity index is 2.02. The van der Waals surface area contributed by atoms with Gasteiger partial charge in [0.2, 0.25) is 0 Å². The lowest BCUT2D eigenvalue weighted by molar-refractivity contribution is 0.303. The Kier molecular flexibility index (Phi) is 6.74. The number of hydrogen-bond donors (Lipinski definition) is 1. The van der Waals surface area contributed by atoms with Crippen LogP contribution < -0.4 is 10.1 Å². The molecule has 0 atom stereocenters. The molecule has 0 aliphatic carbocycles. The van der Waals surface area contributed by atoms with Crippen LogP contribution in [-0.4, -0.2) is 6.54 Å². The van der Waals surface area contributed by atoms with Crippen LogP contribution in [0.2, 0.25) is 0 Å². The molecule has 5 heteroatoms. The van der Waals surface area contributed by atoms with E-state index < -0.39 is 0 Å². The molecule has 1 aromatic heterocycles. The molecule has 0 aliphatic rings. The van der Waals surface area contributed by atoms with Gasteiger partial charge in [-0.1, -0.05) is 26.0 Å². The van der Waals surface area contributed by atoms with Gasteiger partial charge in [0.05, 0.1) is 4.47 Å². The first-order valence-electron chi connectivity index (χ1n) is 6.90. The van der Waals surface area contributed by atoms with E-state index in [1.807, 2.05) is 12.1 Å². The summed E-state index contributed by atoms with van der Waals surface area (Å²) >= 11 is 8.76. The van der Waals surface area contributed by atoms with E-state index in [0.717, 1.165) is 27.8 Å². The second-order valence-corrected chi connectivity index (χ2v) is 8.04. The molecule has 2 aromatic rings. The molecule has 1 heterocycles. The molecule has 0 unspecified atom stereocenters. The average Bonchev–Trinajstić information content (AvgIpc) is 2.83. The number of halogens is 2. The van der Waals surface area contributed by atoms with Gasteiger partial charge in [-0.2, -0.15) is 0 Å². The SMILES string of the molecule is CC(C)CNCc1cccc(Br)c1OCc1cc(Br)cs1. The van der Waals surface area contributed by atoms with Gasteiger partial charge in [0.15, 0.2) is 0 Å². The van der Waals surface area contributed by atoms with Crippen LogP contribution >= 0.6 is 43.2 Å². The summed E-state index contributed by atoms with van der Waals surface area (Å²) < 4.78 is 8.14. The zero-order chi connectivity index (χ0) is 15.2. The van der Waals surface area contributed by atoms with Crippen molar-refractivity contribution in [1.82, 2.24) is 5.32 Å². The van der Waals surface area contributed by atoms with E-state index in [-0.39, 0.29) is 0 Å². The highest BCUT2D eigenvalue weighted by atomic mass is 79.9.